The molecule has 3 N–H and O–H groups in total. The summed E-state index contributed by atoms with van der Waals surface area (Å²) in [5, 5.41) is 1.65. The van der Waals surface area contributed by atoms with E-state index in [1.54, 1.807) is 12.1 Å². The molecule has 7 heteroatoms. The van der Waals surface area contributed by atoms with Gasteiger partial charge in [-0.25, -0.2) is 9.80 Å². The zero-order valence-electron chi connectivity index (χ0n) is 11.4. The van der Waals surface area contributed by atoms with Gasteiger partial charge in [-0.2, -0.15) is 0 Å². The SMILES string of the molecule is NC(=O)N(NC(=O)C1CCCCC1)c1ccc(Cl)c(Cl)c1. The molecular formula is C14H17Cl2N3O2. The number of hydrazine groups is 1. The molecule has 21 heavy (non-hydrogen) atoms. The molecule has 3 amide bonds. The van der Waals surface area contributed by atoms with E-state index < -0.39 is 6.03 Å². The summed E-state index contributed by atoms with van der Waals surface area (Å²) in [6, 6.07) is 3.82. The van der Waals surface area contributed by atoms with Crippen LogP contribution in [0.1, 0.15) is 32.1 Å². The second kappa shape index (κ2) is 7.00. The summed E-state index contributed by atoms with van der Waals surface area (Å²) < 4.78 is 0. The lowest BCUT2D eigenvalue weighted by Crippen LogP contribution is -2.51. The molecule has 1 aromatic carbocycles. The van der Waals surface area contributed by atoms with Crippen molar-refractivity contribution < 1.29 is 9.59 Å². The predicted molar refractivity (Wildman–Crippen MR) is 83.2 cm³/mol. The van der Waals surface area contributed by atoms with Crippen LogP contribution in [0.3, 0.4) is 0 Å². The van der Waals surface area contributed by atoms with Gasteiger partial charge in [-0.3, -0.25) is 10.2 Å². The van der Waals surface area contributed by atoms with Gasteiger partial charge in [-0.05, 0) is 31.0 Å². The van der Waals surface area contributed by atoms with Crippen molar-refractivity contribution in [3.63, 3.8) is 0 Å². The first-order valence-electron chi connectivity index (χ1n) is 6.84. The van der Waals surface area contributed by atoms with E-state index in [0.29, 0.717) is 10.7 Å². The Bertz CT molecular complexity index is 545. The zero-order chi connectivity index (χ0) is 15.4. The maximum Gasteiger partial charge on any atom is 0.338 e. The summed E-state index contributed by atoms with van der Waals surface area (Å²) in [7, 11) is 0. The number of hydrogen-bond acceptors (Lipinski definition) is 2. The van der Waals surface area contributed by atoms with Crippen molar-refractivity contribution in [3.8, 4) is 0 Å². The highest BCUT2D eigenvalue weighted by Crippen LogP contribution is 2.27. The normalized spacial score (nSPS) is 15.5. The molecular weight excluding hydrogens is 313 g/mol. The standard InChI is InChI=1S/C14H17Cl2N3O2/c15-11-7-6-10(8-12(11)16)19(14(17)21)18-13(20)9-4-2-1-3-5-9/h6-9H,1-5H2,(H2,17,21)(H,18,20). The lowest BCUT2D eigenvalue weighted by molar-refractivity contribution is -0.125. The Morgan fingerprint density at radius 1 is 1.14 bits per heavy atom. The number of carbonyl (C=O) groups is 2. The highest BCUT2D eigenvalue weighted by Gasteiger charge is 2.24. The Morgan fingerprint density at radius 2 is 1.81 bits per heavy atom. The molecule has 0 unspecified atom stereocenters. The van der Waals surface area contributed by atoms with E-state index in [2.05, 4.69) is 5.43 Å². The molecule has 0 radical (unpaired) electrons. The molecule has 0 spiro atoms. The van der Waals surface area contributed by atoms with Gasteiger partial charge in [0.25, 0.3) is 0 Å². The topological polar surface area (TPSA) is 75.4 Å². The van der Waals surface area contributed by atoms with Crippen LogP contribution in [0.15, 0.2) is 18.2 Å². The molecule has 0 atom stereocenters. The molecule has 1 saturated carbocycles. The van der Waals surface area contributed by atoms with E-state index in [0.717, 1.165) is 37.1 Å². The summed E-state index contributed by atoms with van der Waals surface area (Å²) in [5.74, 6) is -0.275. The molecule has 0 bridgehead atoms. The summed E-state index contributed by atoms with van der Waals surface area (Å²) in [4.78, 5) is 23.8. The fraction of sp³-hybridized carbons (Fsp3) is 0.429. The van der Waals surface area contributed by atoms with E-state index in [1.807, 2.05) is 0 Å². The van der Waals surface area contributed by atoms with E-state index >= 15 is 0 Å². The van der Waals surface area contributed by atoms with Crippen molar-refractivity contribution in [2.75, 3.05) is 5.01 Å². The van der Waals surface area contributed by atoms with E-state index in [4.69, 9.17) is 28.9 Å². The van der Waals surface area contributed by atoms with E-state index in [9.17, 15) is 9.59 Å². The average molecular weight is 330 g/mol. The van der Waals surface area contributed by atoms with Crippen molar-refractivity contribution in [2.24, 2.45) is 11.7 Å². The third-order valence-corrected chi connectivity index (χ3v) is 4.32. The first-order valence-corrected chi connectivity index (χ1v) is 7.59. The molecule has 0 saturated heterocycles. The number of anilines is 1. The van der Waals surface area contributed by atoms with Crippen LogP contribution in [0.2, 0.25) is 10.0 Å². The number of hydrogen-bond donors (Lipinski definition) is 2. The molecule has 0 aliphatic heterocycles. The van der Waals surface area contributed by atoms with Gasteiger partial charge in [0.05, 0.1) is 15.7 Å². The summed E-state index contributed by atoms with van der Waals surface area (Å²) in [6.45, 7) is 0. The summed E-state index contributed by atoms with van der Waals surface area (Å²) in [6.07, 6.45) is 4.87. The Hall–Kier alpha value is -1.46. The number of carbonyl (C=O) groups excluding carboxylic acids is 2. The van der Waals surface area contributed by atoms with Crippen molar-refractivity contribution in [1.29, 1.82) is 0 Å². The number of benzene rings is 1. The van der Waals surface area contributed by atoms with Crippen LogP contribution in [0, 0.1) is 5.92 Å². The fourth-order valence-electron chi connectivity index (χ4n) is 2.44. The van der Waals surface area contributed by atoms with E-state index in [1.165, 1.54) is 6.07 Å². The summed E-state index contributed by atoms with van der Waals surface area (Å²) >= 11 is 11.8. The van der Waals surface area contributed by atoms with Crippen molar-refractivity contribution in [3.05, 3.63) is 28.2 Å². The lowest BCUT2D eigenvalue weighted by atomic mass is 9.89. The highest BCUT2D eigenvalue weighted by atomic mass is 35.5. The predicted octanol–water partition coefficient (Wildman–Crippen LogP) is 3.49. The number of halogens is 2. The van der Waals surface area contributed by atoms with Crippen LogP contribution >= 0.6 is 23.2 Å². The third kappa shape index (κ3) is 4.02. The molecule has 1 aliphatic carbocycles. The van der Waals surface area contributed by atoms with Gasteiger partial charge < -0.3 is 5.73 Å². The molecule has 114 valence electrons. The quantitative estimate of drug-likeness (QED) is 0.815. The van der Waals surface area contributed by atoms with Crippen molar-refractivity contribution >= 4 is 40.8 Å². The first kappa shape index (κ1) is 15.9. The highest BCUT2D eigenvalue weighted by molar-refractivity contribution is 6.42. The fourth-order valence-corrected chi connectivity index (χ4v) is 2.73. The van der Waals surface area contributed by atoms with Gasteiger partial charge in [0, 0.05) is 5.92 Å². The molecule has 1 aromatic rings. The smallest absolute Gasteiger partial charge is 0.338 e. The van der Waals surface area contributed by atoms with Crippen molar-refractivity contribution in [1.82, 2.24) is 5.43 Å². The van der Waals surface area contributed by atoms with Gasteiger partial charge in [0.1, 0.15) is 0 Å². The van der Waals surface area contributed by atoms with Crippen LogP contribution < -0.4 is 16.2 Å². The van der Waals surface area contributed by atoms with Crippen molar-refractivity contribution in [2.45, 2.75) is 32.1 Å². The van der Waals surface area contributed by atoms with Gasteiger partial charge in [-0.1, -0.05) is 42.5 Å². The maximum atomic E-state index is 12.2. The molecule has 0 aromatic heterocycles. The molecule has 1 fully saturated rings. The number of amides is 3. The van der Waals surface area contributed by atoms with E-state index in [-0.39, 0.29) is 16.8 Å². The average Bonchev–Trinajstić information content (AvgIpc) is 2.48. The third-order valence-electron chi connectivity index (χ3n) is 3.58. The van der Waals surface area contributed by atoms with Crippen LogP contribution in [0.5, 0.6) is 0 Å². The minimum Gasteiger partial charge on any atom is -0.350 e. The molecule has 5 nitrogen and oxygen atoms in total. The maximum absolute atomic E-state index is 12.2. The Kier molecular flexibility index (Phi) is 5.31. The van der Waals surface area contributed by atoms with Crippen LogP contribution in [-0.4, -0.2) is 11.9 Å². The summed E-state index contributed by atoms with van der Waals surface area (Å²) in [5.41, 5.74) is 8.27. The second-order valence-corrected chi connectivity index (χ2v) is 5.90. The van der Waals surface area contributed by atoms with Crippen LogP contribution in [0.25, 0.3) is 0 Å². The minimum absolute atomic E-state index is 0.0802. The zero-order valence-corrected chi connectivity index (χ0v) is 13.0. The second-order valence-electron chi connectivity index (χ2n) is 5.08. The number of nitrogens with two attached hydrogens (primary N) is 1. The number of nitrogens with one attached hydrogen (secondary N) is 1. The van der Waals surface area contributed by atoms with Gasteiger partial charge >= 0.3 is 6.03 Å². The molecule has 0 heterocycles. The van der Waals surface area contributed by atoms with Gasteiger partial charge in [-0.15, -0.1) is 0 Å². The Balaban J connectivity index is 2.13. The van der Waals surface area contributed by atoms with Crippen LogP contribution in [0.4, 0.5) is 10.5 Å². The Morgan fingerprint density at radius 3 is 2.38 bits per heavy atom. The largest absolute Gasteiger partial charge is 0.350 e. The molecule has 2 rings (SSSR count). The lowest BCUT2D eigenvalue weighted by Gasteiger charge is -2.26. The van der Waals surface area contributed by atoms with Gasteiger partial charge in [0.2, 0.25) is 5.91 Å². The Labute approximate surface area is 133 Å². The number of rotatable bonds is 2. The number of urea groups is 1. The number of primary amides is 1. The monoisotopic (exact) mass is 329 g/mol. The van der Waals surface area contributed by atoms with Crippen LogP contribution in [-0.2, 0) is 4.79 Å². The molecule has 1 aliphatic rings. The van der Waals surface area contributed by atoms with Gasteiger partial charge in [0.15, 0.2) is 0 Å². The number of nitrogens with zero attached hydrogens (tertiary/aromatic N) is 1. The minimum atomic E-state index is -0.780. The first-order chi connectivity index (χ1) is 9.99.